The van der Waals surface area contributed by atoms with Crippen LogP contribution in [0.5, 0.6) is 0 Å². The molecule has 2 heterocycles. The molecule has 0 saturated carbocycles. The van der Waals surface area contributed by atoms with E-state index in [9.17, 15) is 0 Å². The standard InChI is InChI=1S/C17H23N3/c1-2-3-7-11-20-12-10-15-16(13-20)19-17(18-15)14-8-5-4-6-9-14/h4-6,8-9H,2-3,7,10-13H2,1H3,(H,18,19). The molecule has 3 nitrogen and oxygen atoms in total. The van der Waals surface area contributed by atoms with E-state index >= 15 is 0 Å². The van der Waals surface area contributed by atoms with Crippen molar-refractivity contribution in [2.24, 2.45) is 0 Å². The monoisotopic (exact) mass is 269 g/mol. The largest absolute Gasteiger partial charge is 0.341 e. The van der Waals surface area contributed by atoms with Crippen molar-refractivity contribution < 1.29 is 0 Å². The number of aromatic amines is 1. The first-order valence-corrected chi connectivity index (χ1v) is 7.72. The SMILES string of the molecule is CCCCCN1CCc2nc(-c3ccccc3)[nH]c2C1. The minimum Gasteiger partial charge on any atom is -0.341 e. The first-order valence-electron chi connectivity index (χ1n) is 7.72. The molecule has 0 fully saturated rings. The van der Waals surface area contributed by atoms with Crippen molar-refractivity contribution in [1.29, 1.82) is 0 Å². The number of unbranched alkanes of at least 4 members (excludes halogenated alkanes) is 2. The third kappa shape index (κ3) is 2.93. The maximum atomic E-state index is 4.77. The third-order valence-corrected chi connectivity index (χ3v) is 4.04. The lowest BCUT2D eigenvalue weighted by atomic mass is 10.1. The van der Waals surface area contributed by atoms with Crippen LogP contribution in [0.3, 0.4) is 0 Å². The summed E-state index contributed by atoms with van der Waals surface area (Å²) in [5.74, 6) is 1.02. The molecule has 20 heavy (non-hydrogen) atoms. The van der Waals surface area contributed by atoms with Gasteiger partial charge in [-0.05, 0) is 13.0 Å². The van der Waals surface area contributed by atoms with Crippen molar-refractivity contribution in [3.05, 3.63) is 41.7 Å². The van der Waals surface area contributed by atoms with Gasteiger partial charge in [0, 0.05) is 25.1 Å². The maximum absolute atomic E-state index is 4.77. The van der Waals surface area contributed by atoms with E-state index in [1.807, 2.05) is 6.07 Å². The molecular formula is C17H23N3. The molecule has 0 bridgehead atoms. The molecule has 0 aliphatic carbocycles. The topological polar surface area (TPSA) is 31.9 Å². The van der Waals surface area contributed by atoms with E-state index in [2.05, 4.69) is 41.1 Å². The van der Waals surface area contributed by atoms with Crippen molar-refractivity contribution in [2.75, 3.05) is 13.1 Å². The minimum atomic E-state index is 1.02. The van der Waals surface area contributed by atoms with Crippen LogP contribution in [-0.2, 0) is 13.0 Å². The molecule has 0 atom stereocenters. The zero-order valence-electron chi connectivity index (χ0n) is 12.2. The van der Waals surface area contributed by atoms with Crippen LogP contribution in [-0.4, -0.2) is 28.0 Å². The van der Waals surface area contributed by atoms with Gasteiger partial charge in [0.2, 0.25) is 0 Å². The molecule has 0 saturated heterocycles. The Bertz CT molecular complexity index is 545. The normalized spacial score (nSPS) is 15.2. The summed E-state index contributed by atoms with van der Waals surface area (Å²) in [5, 5.41) is 0. The van der Waals surface area contributed by atoms with Gasteiger partial charge >= 0.3 is 0 Å². The fourth-order valence-electron chi connectivity index (χ4n) is 2.86. The number of benzene rings is 1. The third-order valence-electron chi connectivity index (χ3n) is 4.04. The molecular weight excluding hydrogens is 246 g/mol. The van der Waals surface area contributed by atoms with Crippen LogP contribution >= 0.6 is 0 Å². The quantitative estimate of drug-likeness (QED) is 0.841. The summed E-state index contributed by atoms with van der Waals surface area (Å²) in [7, 11) is 0. The average molecular weight is 269 g/mol. The smallest absolute Gasteiger partial charge is 0.137 e. The van der Waals surface area contributed by atoms with Crippen molar-refractivity contribution in [3.63, 3.8) is 0 Å². The minimum absolute atomic E-state index is 1.02. The lowest BCUT2D eigenvalue weighted by Gasteiger charge is -2.25. The van der Waals surface area contributed by atoms with Gasteiger partial charge in [0.1, 0.15) is 5.82 Å². The van der Waals surface area contributed by atoms with Gasteiger partial charge in [0.15, 0.2) is 0 Å². The van der Waals surface area contributed by atoms with Crippen molar-refractivity contribution in [2.45, 2.75) is 39.2 Å². The number of nitrogens with zero attached hydrogens (tertiary/aromatic N) is 2. The Kier molecular flexibility index (Phi) is 4.16. The molecule has 0 radical (unpaired) electrons. The molecule has 0 unspecified atom stereocenters. The number of hydrogen-bond acceptors (Lipinski definition) is 2. The van der Waals surface area contributed by atoms with Crippen LogP contribution in [0.15, 0.2) is 30.3 Å². The van der Waals surface area contributed by atoms with Gasteiger partial charge in [-0.25, -0.2) is 4.98 Å². The molecule has 1 aromatic carbocycles. The van der Waals surface area contributed by atoms with Crippen LogP contribution < -0.4 is 0 Å². The lowest BCUT2D eigenvalue weighted by molar-refractivity contribution is 0.245. The summed E-state index contributed by atoms with van der Waals surface area (Å²) in [4.78, 5) is 10.8. The number of hydrogen-bond donors (Lipinski definition) is 1. The average Bonchev–Trinajstić information content (AvgIpc) is 2.92. The van der Waals surface area contributed by atoms with Gasteiger partial charge in [0.25, 0.3) is 0 Å². The Balaban J connectivity index is 1.70. The van der Waals surface area contributed by atoms with Gasteiger partial charge in [-0.3, -0.25) is 4.90 Å². The number of aromatic nitrogens is 2. The summed E-state index contributed by atoms with van der Waals surface area (Å²) in [5.41, 5.74) is 3.75. The predicted octanol–water partition coefficient (Wildman–Crippen LogP) is 3.63. The molecule has 2 aromatic rings. The van der Waals surface area contributed by atoms with Gasteiger partial charge in [0.05, 0.1) is 11.4 Å². The second kappa shape index (κ2) is 6.23. The number of nitrogens with one attached hydrogen (secondary N) is 1. The van der Waals surface area contributed by atoms with Crippen LogP contribution in [0.2, 0.25) is 0 Å². The number of rotatable bonds is 5. The molecule has 1 aliphatic heterocycles. The van der Waals surface area contributed by atoms with Crippen molar-refractivity contribution in [1.82, 2.24) is 14.9 Å². The first-order chi connectivity index (χ1) is 9.86. The Morgan fingerprint density at radius 2 is 2.05 bits per heavy atom. The van der Waals surface area contributed by atoms with E-state index in [1.165, 1.54) is 42.8 Å². The summed E-state index contributed by atoms with van der Waals surface area (Å²) in [6, 6.07) is 10.4. The van der Waals surface area contributed by atoms with Crippen LogP contribution in [0.1, 0.15) is 37.6 Å². The van der Waals surface area contributed by atoms with E-state index in [1.54, 1.807) is 0 Å². The highest BCUT2D eigenvalue weighted by atomic mass is 15.2. The maximum Gasteiger partial charge on any atom is 0.137 e. The zero-order valence-corrected chi connectivity index (χ0v) is 12.2. The van der Waals surface area contributed by atoms with Crippen LogP contribution in [0.25, 0.3) is 11.4 Å². The summed E-state index contributed by atoms with van der Waals surface area (Å²) < 4.78 is 0. The highest BCUT2D eigenvalue weighted by Crippen LogP contribution is 2.22. The van der Waals surface area contributed by atoms with Crippen molar-refractivity contribution >= 4 is 0 Å². The number of imidazole rings is 1. The lowest BCUT2D eigenvalue weighted by Crippen LogP contribution is -2.31. The van der Waals surface area contributed by atoms with Crippen LogP contribution in [0.4, 0.5) is 0 Å². The molecule has 3 heteroatoms. The number of fused-ring (bicyclic) bond motifs is 1. The fourth-order valence-corrected chi connectivity index (χ4v) is 2.86. The van der Waals surface area contributed by atoms with Gasteiger partial charge in [-0.2, -0.15) is 0 Å². The van der Waals surface area contributed by atoms with E-state index in [-0.39, 0.29) is 0 Å². The summed E-state index contributed by atoms with van der Waals surface area (Å²) in [6.45, 7) is 5.65. The van der Waals surface area contributed by atoms with E-state index in [0.717, 1.165) is 25.3 Å². The molecule has 1 aromatic heterocycles. The summed E-state index contributed by atoms with van der Waals surface area (Å²) in [6.07, 6.45) is 5.01. The van der Waals surface area contributed by atoms with Gasteiger partial charge in [-0.15, -0.1) is 0 Å². The molecule has 106 valence electrons. The Labute approximate surface area is 121 Å². The molecule has 1 N–H and O–H groups in total. The Morgan fingerprint density at radius 1 is 1.20 bits per heavy atom. The Hall–Kier alpha value is -1.61. The number of H-pyrrole nitrogens is 1. The van der Waals surface area contributed by atoms with E-state index in [0.29, 0.717) is 0 Å². The zero-order chi connectivity index (χ0) is 13.8. The molecule has 0 spiro atoms. The van der Waals surface area contributed by atoms with E-state index in [4.69, 9.17) is 4.98 Å². The molecule has 1 aliphatic rings. The summed E-state index contributed by atoms with van der Waals surface area (Å²) >= 11 is 0. The first kappa shape index (κ1) is 13.4. The van der Waals surface area contributed by atoms with E-state index < -0.39 is 0 Å². The predicted molar refractivity (Wildman–Crippen MR) is 82.5 cm³/mol. The molecule has 0 amide bonds. The molecule has 3 rings (SSSR count). The highest BCUT2D eigenvalue weighted by Gasteiger charge is 2.19. The second-order valence-electron chi connectivity index (χ2n) is 5.61. The van der Waals surface area contributed by atoms with Gasteiger partial charge in [-0.1, -0.05) is 50.1 Å². The fraction of sp³-hybridized carbons (Fsp3) is 0.471. The Morgan fingerprint density at radius 3 is 2.85 bits per heavy atom. The van der Waals surface area contributed by atoms with Gasteiger partial charge < -0.3 is 4.98 Å². The van der Waals surface area contributed by atoms with Crippen LogP contribution in [0, 0.1) is 0 Å². The van der Waals surface area contributed by atoms with Crippen molar-refractivity contribution in [3.8, 4) is 11.4 Å². The second-order valence-corrected chi connectivity index (χ2v) is 5.61. The highest BCUT2D eigenvalue weighted by molar-refractivity contribution is 5.55.